The average molecular weight is 389 g/mol. The summed E-state index contributed by atoms with van der Waals surface area (Å²) in [6.07, 6.45) is 0. The summed E-state index contributed by atoms with van der Waals surface area (Å²) >= 11 is 0. The fourth-order valence-corrected chi connectivity index (χ4v) is 2.67. The molecule has 2 rings (SSSR count). The number of amides is 1. The highest BCUT2D eigenvalue weighted by Crippen LogP contribution is 2.24. The van der Waals surface area contributed by atoms with Gasteiger partial charge in [-0.2, -0.15) is 0 Å². The minimum absolute atomic E-state index is 0.0509. The van der Waals surface area contributed by atoms with Crippen LogP contribution in [-0.2, 0) is 19.0 Å². The maximum absolute atomic E-state index is 13.0. The molecule has 152 valence electrons. The Balaban J connectivity index is 2.46. The zero-order valence-electron chi connectivity index (χ0n) is 17.5. The maximum Gasteiger partial charge on any atom is 0.296 e. The second-order valence-corrected chi connectivity index (χ2v) is 8.75. The highest BCUT2D eigenvalue weighted by atomic mass is 19.1. The predicted molar refractivity (Wildman–Crippen MR) is 106 cm³/mol. The lowest BCUT2D eigenvalue weighted by Gasteiger charge is -2.26. The van der Waals surface area contributed by atoms with Gasteiger partial charge in [0.15, 0.2) is 5.69 Å². The third kappa shape index (κ3) is 5.18. The van der Waals surface area contributed by atoms with Crippen LogP contribution in [0.1, 0.15) is 63.4 Å². The molecular weight excluding hydrogens is 361 g/mol. The molecule has 1 aromatic carbocycles. The van der Waals surface area contributed by atoms with Crippen molar-refractivity contribution in [1.82, 2.24) is 14.9 Å². The largest absolute Gasteiger partial charge is 0.480 e. The molecule has 1 N–H and O–H groups in total. The van der Waals surface area contributed by atoms with Crippen molar-refractivity contribution in [1.29, 1.82) is 0 Å². The summed E-state index contributed by atoms with van der Waals surface area (Å²) in [6, 6.07) is 5.81. The Morgan fingerprint density at radius 3 is 2.21 bits per heavy atom. The molecule has 1 amide bonds. The summed E-state index contributed by atoms with van der Waals surface area (Å²) in [5.41, 5.74) is -0.858. The predicted octanol–water partition coefficient (Wildman–Crippen LogP) is 3.32. The number of hydrogen-bond acceptors (Lipinski definition) is 4. The van der Waals surface area contributed by atoms with Crippen molar-refractivity contribution in [2.24, 2.45) is 7.05 Å². The van der Waals surface area contributed by atoms with Crippen LogP contribution in [-0.4, -0.2) is 21.1 Å². The standard InChI is InChI=1S/C21H28FN3O3/c1-20(2,3)19-24-15(16(18(27)25(19)7)28-21(4,5)6)17(26)23-12-13-8-10-14(22)11-9-13/h8-11H,12H2,1-7H3,(H,23,26). The van der Waals surface area contributed by atoms with Crippen molar-refractivity contribution in [3.63, 3.8) is 0 Å². The number of carbonyl (C=O) groups is 1. The fraction of sp³-hybridized carbons (Fsp3) is 0.476. The van der Waals surface area contributed by atoms with Gasteiger partial charge in [0.1, 0.15) is 17.2 Å². The van der Waals surface area contributed by atoms with Gasteiger partial charge in [-0.25, -0.2) is 9.37 Å². The molecule has 0 unspecified atom stereocenters. The van der Waals surface area contributed by atoms with Gasteiger partial charge in [-0.3, -0.25) is 14.2 Å². The normalized spacial score (nSPS) is 12.0. The highest BCUT2D eigenvalue weighted by Gasteiger charge is 2.29. The molecule has 0 aliphatic rings. The van der Waals surface area contributed by atoms with E-state index in [-0.39, 0.29) is 23.8 Å². The zero-order chi connectivity index (χ0) is 21.3. The Bertz CT molecular complexity index is 920. The quantitative estimate of drug-likeness (QED) is 0.871. The smallest absolute Gasteiger partial charge is 0.296 e. The van der Waals surface area contributed by atoms with Gasteiger partial charge < -0.3 is 10.1 Å². The lowest BCUT2D eigenvalue weighted by atomic mass is 9.95. The number of aromatic nitrogens is 2. The molecule has 0 atom stereocenters. The number of nitrogens with zero attached hydrogens (tertiary/aromatic N) is 2. The van der Waals surface area contributed by atoms with Crippen molar-refractivity contribution in [2.75, 3.05) is 0 Å². The SMILES string of the molecule is Cn1c(C(C)(C)C)nc(C(=O)NCc2ccc(F)cc2)c(OC(C)(C)C)c1=O. The molecule has 1 heterocycles. The Kier molecular flexibility index (Phi) is 5.97. The molecule has 0 aliphatic heterocycles. The maximum atomic E-state index is 13.0. The summed E-state index contributed by atoms with van der Waals surface area (Å²) in [5.74, 6) is -0.476. The highest BCUT2D eigenvalue weighted by molar-refractivity contribution is 5.94. The van der Waals surface area contributed by atoms with Crippen molar-refractivity contribution in [3.8, 4) is 5.75 Å². The Labute approximate surface area is 164 Å². The molecule has 2 aromatic rings. The topological polar surface area (TPSA) is 73.2 Å². The fourth-order valence-electron chi connectivity index (χ4n) is 2.67. The number of rotatable bonds is 4. The first kappa shape index (κ1) is 21.6. The number of nitrogens with one attached hydrogen (secondary N) is 1. The Morgan fingerprint density at radius 2 is 1.71 bits per heavy atom. The number of hydrogen-bond donors (Lipinski definition) is 1. The third-order valence-corrected chi connectivity index (χ3v) is 3.91. The van der Waals surface area contributed by atoms with E-state index in [1.165, 1.54) is 16.7 Å². The van der Waals surface area contributed by atoms with Crippen LogP contribution in [0.15, 0.2) is 29.1 Å². The summed E-state index contributed by atoms with van der Waals surface area (Å²) in [5, 5.41) is 2.73. The lowest BCUT2D eigenvalue weighted by Crippen LogP contribution is -2.37. The van der Waals surface area contributed by atoms with Gasteiger partial charge >= 0.3 is 0 Å². The van der Waals surface area contributed by atoms with Crippen molar-refractivity contribution < 1.29 is 13.9 Å². The molecule has 0 saturated heterocycles. The van der Waals surface area contributed by atoms with Crippen LogP contribution in [0.3, 0.4) is 0 Å². The molecule has 1 aromatic heterocycles. The van der Waals surface area contributed by atoms with E-state index >= 15 is 0 Å². The first-order chi connectivity index (χ1) is 12.8. The van der Waals surface area contributed by atoms with E-state index in [9.17, 15) is 14.0 Å². The molecule has 0 radical (unpaired) electrons. The number of benzene rings is 1. The summed E-state index contributed by atoms with van der Waals surface area (Å²) in [4.78, 5) is 30.3. The second-order valence-electron chi connectivity index (χ2n) is 8.75. The first-order valence-corrected chi connectivity index (χ1v) is 9.13. The molecular formula is C21H28FN3O3. The third-order valence-electron chi connectivity index (χ3n) is 3.91. The molecule has 28 heavy (non-hydrogen) atoms. The van der Waals surface area contributed by atoms with Crippen LogP contribution in [0.4, 0.5) is 4.39 Å². The van der Waals surface area contributed by atoms with Crippen LogP contribution in [0.5, 0.6) is 5.75 Å². The van der Waals surface area contributed by atoms with E-state index in [0.717, 1.165) is 5.56 Å². The summed E-state index contributed by atoms with van der Waals surface area (Å²) < 4.78 is 20.3. The van der Waals surface area contributed by atoms with Gasteiger partial charge in [-0.05, 0) is 38.5 Å². The number of ether oxygens (including phenoxy) is 1. The van der Waals surface area contributed by atoms with Gasteiger partial charge in [0, 0.05) is 19.0 Å². The van der Waals surface area contributed by atoms with Gasteiger partial charge in [-0.1, -0.05) is 32.9 Å². The molecule has 0 fully saturated rings. The van der Waals surface area contributed by atoms with Crippen LogP contribution in [0.25, 0.3) is 0 Å². The second kappa shape index (κ2) is 7.73. The number of halogens is 1. The van der Waals surface area contributed by atoms with E-state index in [1.54, 1.807) is 40.0 Å². The van der Waals surface area contributed by atoms with Crippen molar-refractivity contribution >= 4 is 5.91 Å². The van der Waals surface area contributed by atoms with E-state index < -0.39 is 22.5 Å². The van der Waals surface area contributed by atoms with Gasteiger partial charge in [-0.15, -0.1) is 0 Å². The molecule has 0 saturated carbocycles. The average Bonchev–Trinajstić information content (AvgIpc) is 2.56. The van der Waals surface area contributed by atoms with Crippen molar-refractivity contribution in [3.05, 3.63) is 57.5 Å². The number of carbonyl (C=O) groups excluding carboxylic acids is 1. The van der Waals surface area contributed by atoms with Crippen molar-refractivity contribution in [2.45, 2.75) is 59.1 Å². The van der Waals surface area contributed by atoms with E-state index in [1.807, 2.05) is 20.8 Å². The van der Waals surface area contributed by atoms with Gasteiger partial charge in [0.25, 0.3) is 11.5 Å². The van der Waals surface area contributed by atoms with Crippen LogP contribution >= 0.6 is 0 Å². The molecule has 0 spiro atoms. The lowest BCUT2D eigenvalue weighted by molar-refractivity contribution is 0.0917. The van der Waals surface area contributed by atoms with Crippen LogP contribution in [0.2, 0.25) is 0 Å². The van der Waals surface area contributed by atoms with E-state index in [4.69, 9.17) is 4.74 Å². The van der Waals surface area contributed by atoms with Crippen LogP contribution < -0.4 is 15.6 Å². The minimum Gasteiger partial charge on any atom is -0.480 e. The molecule has 0 bridgehead atoms. The molecule has 0 aliphatic carbocycles. The first-order valence-electron chi connectivity index (χ1n) is 9.13. The van der Waals surface area contributed by atoms with E-state index in [2.05, 4.69) is 10.3 Å². The van der Waals surface area contributed by atoms with Gasteiger partial charge in [0.05, 0.1) is 0 Å². The molecule has 7 heteroatoms. The van der Waals surface area contributed by atoms with Gasteiger partial charge in [0.2, 0.25) is 5.75 Å². The molecule has 6 nitrogen and oxygen atoms in total. The summed E-state index contributed by atoms with van der Waals surface area (Å²) in [7, 11) is 1.62. The minimum atomic E-state index is -0.678. The Morgan fingerprint density at radius 1 is 1.14 bits per heavy atom. The zero-order valence-corrected chi connectivity index (χ0v) is 17.5. The van der Waals surface area contributed by atoms with Crippen LogP contribution in [0, 0.1) is 5.82 Å². The van der Waals surface area contributed by atoms with E-state index in [0.29, 0.717) is 5.82 Å². The summed E-state index contributed by atoms with van der Waals surface area (Å²) in [6.45, 7) is 11.3. The Hall–Kier alpha value is -2.70. The monoisotopic (exact) mass is 389 g/mol.